The first-order valence-corrected chi connectivity index (χ1v) is 8.67. The molecule has 25 heavy (non-hydrogen) atoms. The number of hydrogen-bond donors (Lipinski definition) is 1. The van der Waals surface area contributed by atoms with E-state index in [0.29, 0.717) is 42.8 Å². The van der Waals surface area contributed by atoms with Crippen LogP contribution >= 0.6 is 34.5 Å². The molecule has 0 unspecified atom stereocenters. The van der Waals surface area contributed by atoms with E-state index in [2.05, 4.69) is 15.5 Å². The number of fused-ring (bicyclic) bond motifs is 1. The number of nitrogens with zero attached hydrogens (tertiary/aromatic N) is 2. The maximum absolute atomic E-state index is 12.4. The number of carbonyl (C=O) groups is 1. The topological polar surface area (TPSA) is 73.3 Å². The van der Waals surface area contributed by atoms with Crippen LogP contribution in [0, 0.1) is 0 Å². The smallest absolute Gasteiger partial charge is 0.257 e. The first-order valence-electron chi connectivity index (χ1n) is 7.10. The molecular weight excluding hydrogens is 385 g/mol. The molecule has 2 heterocycles. The van der Waals surface area contributed by atoms with Gasteiger partial charge in [-0.1, -0.05) is 34.5 Å². The summed E-state index contributed by atoms with van der Waals surface area (Å²) in [6.07, 6.45) is 0. The Morgan fingerprint density at radius 1 is 1.08 bits per heavy atom. The fourth-order valence-corrected chi connectivity index (χ4v) is 3.58. The average Bonchev–Trinajstić information content (AvgIpc) is 3.23. The summed E-state index contributed by atoms with van der Waals surface area (Å²) in [5.41, 5.74) is 1.14. The molecule has 0 bridgehead atoms. The van der Waals surface area contributed by atoms with Crippen LogP contribution in [0.4, 0.5) is 5.13 Å². The van der Waals surface area contributed by atoms with Gasteiger partial charge in [-0.05, 0) is 36.4 Å². The summed E-state index contributed by atoms with van der Waals surface area (Å²) >= 11 is 13.3. The minimum Gasteiger partial charge on any atom is -0.454 e. The predicted molar refractivity (Wildman–Crippen MR) is 95.9 cm³/mol. The molecule has 0 atom stereocenters. The first-order chi connectivity index (χ1) is 12.1. The Labute approximate surface area is 156 Å². The van der Waals surface area contributed by atoms with E-state index in [1.165, 1.54) is 11.3 Å². The van der Waals surface area contributed by atoms with E-state index in [1.807, 2.05) is 0 Å². The number of aromatic nitrogens is 2. The van der Waals surface area contributed by atoms with E-state index in [4.69, 9.17) is 32.7 Å². The molecule has 0 saturated heterocycles. The van der Waals surface area contributed by atoms with Crippen molar-refractivity contribution in [1.29, 1.82) is 0 Å². The van der Waals surface area contributed by atoms with Crippen molar-refractivity contribution in [1.82, 2.24) is 10.2 Å². The Hall–Kier alpha value is -2.35. The number of anilines is 1. The summed E-state index contributed by atoms with van der Waals surface area (Å²) < 4.78 is 10.5. The van der Waals surface area contributed by atoms with Crippen LogP contribution in [0.3, 0.4) is 0 Å². The van der Waals surface area contributed by atoms with Gasteiger partial charge < -0.3 is 9.47 Å². The SMILES string of the molecule is O=C(Nc1nnc(-c2ccc(Cl)cc2Cl)s1)c1ccc2c(c1)OCO2. The molecule has 1 amide bonds. The van der Waals surface area contributed by atoms with Crippen molar-refractivity contribution in [3.63, 3.8) is 0 Å². The van der Waals surface area contributed by atoms with Gasteiger partial charge in [0.25, 0.3) is 5.91 Å². The Balaban J connectivity index is 1.54. The van der Waals surface area contributed by atoms with Crippen LogP contribution in [-0.2, 0) is 0 Å². The molecule has 1 aliphatic rings. The summed E-state index contributed by atoms with van der Waals surface area (Å²) in [6.45, 7) is 0.155. The predicted octanol–water partition coefficient (Wildman–Crippen LogP) is 4.49. The van der Waals surface area contributed by atoms with E-state index in [1.54, 1.807) is 36.4 Å². The van der Waals surface area contributed by atoms with Crippen LogP contribution in [0.1, 0.15) is 10.4 Å². The van der Waals surface area contributed by atoms with E-state index >= 15 is 0 Å². The van der Waals surface area contributed by atoms with Crippen LogP contribution in [0.25, 0.3) is 10.6 Å². The molecule has 0 aliphatic carbocycles. The highest BCUT2D eigenvalue weighted by atomic mass is 35.5. The van der Waals surface area contributed by atoms with Gasteiger partial charge in [-0.25, -0.2) is 0 Å². The standard InChI is InChI=1S/C16H9Cl2N3O3S/c17-9-2-3-10(11(18)6-9)15-20-21-16(25-15)19-14(22)8-1-4-12-13(5-8)24-7-23-12/h1-6H,7H2,(H,19,21,22). The van der Waals surface area contributed by atoms with E-state index in [9.17, 15) is 4.79 Å². The molecule has 2 aromatic carbocycles. The molecule has 0 saturated carbocycles. The van der Waals surface area contributed by atoms with E-state index in [-0.39, 0.29) is 12.7 Å². The van der Waals surface area contributed by atoms with E-state index in [0.717, 1.165) is 0 Å². The molecule has 1 aliphatic heterocycles. The number of hydrogen-bond acceptors (Lipinski definition) is 6. The largest absolute Gasteiger partial charge is 0.454 e. The third-order valence-corrected chi connectivity index (χ3v) is 4.86. The third kappa shape index (κ3) is 3.26. The van der Waals surface area contributed by atoms with Crippen molar-refractivity contribution in [3.8, 4) is 22.1 Å². The molecule has 1 N–H and O–H groups in total. The summed E-state index contributed by atoms with van der Waals surface area (Å²) in [4.78, 5) is 12.4. The Bertz CT molecular complexity index is 977. The number of amides is 1. The second-order valence-electron chi connectivity index (χ2n) is 5.06. The van der Waals surface area contributed by atoms with Crippen LogP contribution in [0.15, 0.2) is 36.4 Å². The molecule has 4 rings (SSSR count). The fraction of sp³-hybridized carbons (Fsp3) is 0.0625. The van der Waals surface area contributed by atoms with Gasteiger partial charge in [-0.3, -0.25) is 10.1 Å². The molecule has 9 heteroatoms. The molecule has 126 valence electrons. The number of halogens is 2. The number of nitrogens with one attached hydrogen (secondary N) is 1. The number of ether oxygens (including phenoxy) is 2. The van der Waals surface area contributed by atoms with Crippen LogP contribution < -0.4 is 14.8 Å². The molecule has 0 radical (unpaired) electrons. The minimum atomic E-state index is -0.316. The van der Waals surface area contributed by atoms with Crippen molar-refractivity contribution in [2.45, 2.75) is 0 Å². The highest BCUT2D eigenvalue weighted by Gasteiger charge is 2.18. The third-order valence-electron chi connectivity index (χ3n) is 3.44. The monoisotopic (exact) mass is 393 g/mol. The van der Waals surface area contributed by atoms with Gasteiger partial charge in [-0.2, -0.15) is 0 Å². The fourth-order valence-electron chi connectivity index (χ4n) is 2.25. The van der Waals surface area contributed by atoms with Crippen molar-refractivity contribution in [2.24, 2.45) is 0 Å². The van der Waals surface area contributed by atoms with Crippen molar-refractivity contribution in [2.75, 3.05) is 12.1 Å². The lowest BCUT2D eigenvalue weighted by atomic mass is 10.2. The van der Waals surface area contributed by atoms with Crippen molar-refractivity contribution >= 4 is 45.6 Å². The molecular formula is C16H9Cl2N3O3S. The summed E-state index contributed by atoms with van der Waals surface area (Å²) in [7, 11) is 0. The maximum Gasteiger partial charge on any atom is 0.257 e. The van der Waals surface area contributed by atoms with Gasteiger partial charge in [0.1, 0.15) is 0 Å². The second-order valence-corrected chi connectivity index (χ2v) is 6.88. The van der Waals surface area contributed by atoms with Crippen molar-refractivity contribution in [3.05, 3.63) is 52.0 Å². The van der Waals surface area contributed by atoms with Gasteiger partial charge >= 0.3 is 0 Å². The van der Waals surface area contributed by atoms with E-state index < -0.39 is 0 Å². The summed E-state index contributed by atoms with van der Waals surface area (Å²) in [5, 5.41) is 12.7. The van der Waals surface area contributed by atoms with Gasteiger partial charge in [0, 0.05) is 16.1 Å². The van der Waals surface area contributed by atoms with Crippen molar-refractivity contribution < 1.29 is 14.3 Å². The molecule has 1 aromatic heterocycles. The van der Waals surface area contributed by atoms with Gasteiger partial charge in [0.15, 0.2) is 16.5 Å². The van der Waals surface area contributed by atoms with Crippen LogP contribution in [-0.4, -0.2) is 22.9 Å². The highest BCUT2D eigenvalue weighted by molar-refractivity contribution is 7.18. The molecule has 0 fully saturated rings. The summed E-state index contributed by atoms with van der Waals surface area (Å²) in [6, 6.07) is 10.1. The Morgan fingerprint density at radius 2 is 1.92 bits per heavy atom. The Morgan fingerprint density at radius 3 is 2.76 bits per heavy atom. The van der Waals surface area contributed by atoms with Gasteiger partial charge in [-0.15, -0.1) is 10.2 Å². The zero-order valence-corrected chi connectivity index (χ0v) is 14.8. The quantitative estimate of drug-likeness (QED) is 0.709. The van der Waals surface area contributed by atoms with Gasteiger partial charge in [0.05, 0.1) is 5.02 Å². The van der Waals surface area contributed by atoms with Gasteiger partial charge in [0.2, 0.25) is 11.9 Å². The van der Waals surface area contributed by atoms with Crippen LogP contribution in [0.5, 0.6) is 11.5 Å². The summed E-state index contributed by atoms with van der Waals surface area (Å²) in [5.74, 6) is 0.842. The Kier molecular flexibility index (Phi) is 4.20. The molecule has 0 spiro atoms. The highest BCUT2D eigenvalue weighted by Crippen LogP contribution is 2.35. The lowest BCUT2D eigenvalue weighted by molar-refractivity contribution is 0.102. The zero-order valence-electron chi connectivity index (χ0n) is 12.5. The lowest BCUT2D eigenvalue weighted by Crippen LogP contribution is -2.11. The molecule has 6 nitrogen and oxygen atoms in total. The molecule has 3 aromatic rings. The minimum absolute atomic E-state index is 0.155. The number of rotatable bonds is 3. The average molecular weight is 394 g/mol. The normalized spacial score (nSPS) is 12.2. The van der Waals surface area contributed by atoms with Crippen LogP contribution in [0.2, 0.25) is 10.0 Å². The number of benzene rings is 2. The zero-order chi connectivity index (χ0) is 17.4. The maximum atomic E-state index is 12.4. The number of carbonyl (C=O) groups excluding carboxylic acids is 1. The second kappa shape index (κ2) is 6.51. The lowest BCUT2D eigenvalue weighted by Gasteiger charge is -2.02. The first kappa shape index (κ1) is 16.1.